The van der Waals surface area contributed by atoms with Gasteiger partial charge in [-0.3, -0.25) is 0 Å². The fourth-order valence-corrected chi connectivity index (χ4v) is 3.97. The van der Waals surface area contributed by atoms with Crippen molar-refractivity contribution in [1.82, 2.24) is 0 Å². The molecule has 2 saturated carbocycles. The van der Waals surface area contributed by atoms with Crippen molar-refractivity contribution in [3.63, 3.8) is 0 Å². The Balaban J connectivity index is 1.05. The molecular formula is C18H26O5. The zero-order valence-electron chi connectivity index (χ0n) is 13.5. The van der Waals surface area contributed by atoms with Crippen LogP contribution in [-0.4, -0.2) is 50.2 Å². The van der Waals surface area contributed by atoms with Gasteiger partial charge >= 0.3 is 5.97 Å². The molecule has 0 aromatic heterocycles. The lowest BCUT2D eigenvalue weighted by Crippen LogP contribution is -2.20. The molecule has 4 rings (SSSR count). The van der Waals surface area contributed by atoms with Gasteiger partial charge in [0, 0.05) is 12.7 Å². The Kier molecular flexibility index (Phi) is 4.69. The zero-order valence-corrected chi connectivity index (χ0v) is 13.5. The van der Waals surface area contributed by atoms with Crippen LogP contribution in [0.2, 0.25) is 0 Å². The van der Waals surface area contributed by atoms with Gasteiger partial charge in [-0.15, -0.1) is 0 Å². The molecule has 2 aliphatic heterocycles. The van der Waals surface area contributed by atoms with Crippen LogP contribution in [0.4, 0.5) is 0 Å². The molecule has 0 aromatic rings. The molecule has 0 aromatic carbocycles. The van der Waals surface area contributed by atoms with Crippen molar-refractivity contribution in [1.29, 1.82) is 0 Å². The van der Waals surface area contributed by atoms with Crippen molar-refractivity contribution in [3.05, 3.63) is 12.2 Å². The SMILES string of the molecule is O=C(/C=C/COCC1CCC2OC2C1)OCC1CCC2OC2C1. The van der Waals surface area contributed by atoms with Crippen molar-refractivity contribution in [2.24, 2.45) is 11.8 Å². The highest BCUT2D eigenvalue weighted by molar-refractivity contribution is 5.81. The second-order valence-electron chi connectivity index (χ2n) is 7.35. The first-order valence-electron chi connectivity index (χ1n) is 9.00. The van der Waals surface area contributed by atoms with Gasteiger partial charge in [0.1, 0.15) is 0 Å². The van der Waals surface area contributed by atoms with E-state index in [0.717, 1.165) is 32.3 Å². The van der Waals surface area contributed by atoms with E-state index in [9.17, 15) is 4.79 Å². The molecule has 0 spiro atoms. The molecule has 128 valence electrons. The summed E-state index contributed by atoms with van der Waals surface area (Å²) in [7, 11) is 0. The van der Waals surface area contributed by atoms with E-state index in [4.69, 9.17) is 18.9 Å². The Morgan fingerprint density at radius 2 is 1.57 bits per heavy atom. The monoisotopic (exact) mass is 322 g/mol. The predicted octanol–water partition coefficient (Wildman–Crippen LogP) is 2.24. The van der Waals surface area contributed by atoms with E-state index in [-0.39, 0.29) is 5.97 Å². The smallest absolute Gasteiger partial charge is 0.330 e. The molecule has 4 fully saturated rings. The molecule has 0 amide bonds. The standard InChI is InChI=1S/C18H26O5/c19-18(21-11-13-4-6-15-17(9-13)23-15)2-1-7-20-10-12-3-5-14-16(8-12)22-14/h1-2,12-17H,3-11H2/b2-1+. The molecule has 5 nitrogen and oxygen atoms in total. The molecule has 0 bridgehead atoms. The summed E-state index contributed by atoms with van der Waals surface area (Å²) in [5.74, 6) is 0.810. The second-order valence-corrected chi connectivity index (χ2v) is 7.35. The Hall–Kier alpha value is -0.910. The fraction of sp³-hybridized carbons (Fsp3) is 0.833. The minimum atomic E-state index is -0.265. The first-order chi connectivity index (χ1) is 11.3. The lowest BCUT2D eigenvalue weighted by Gasteiger charge is -2.18. The minimum Gasteiger partial charge on any atom is -0.462 e. The lowest BCUT2D eigenvalue weighted by atomic mass is 9.90. The van der Waals surface area contributed by atoms with Gasteiger partial charge in [0.15, 0.2) is 0 Å². The van der Waals surface area contributed by atoms with Crippen LogP contribution >= 0.6 is 0 Å². The molecule has 4 aliphatic rings. The largest absolute Gasteiger partial charge is 0.462 e. The lowest BCUT2D eigenvalue weighted by molar-refractivity contribution is -0.139. The van der Waals surface area contributed by atoms with Crippen LogP contribution in [0.1, 0.15) is 38.5 Å². The van der Waals surface area contributed by atoms with E-state index < -0.39 is 0 Å². The van der Waals surface area contributed by atoms with Gasteiger partial charge in [0.2, 0.25) is 0 Å². The number of fused-ring (bicyclic) bond motifs is 2. The number of hydrogen-bond acceptors (Lipinski definition) is 5. The third-order valence-corrected chi connectivity index (χ3v) is 5.51. The van der Waals surface area contributed by atoms with E-state index in [1.807, 2.05) is 0 Å². The second kappa shape index (κ2) is 6.91. The van der Waals surface area contributed by atoms with Crippen LogP contribution in [-0.2, 0) is 23.7 Å². The fourth-order valence-electron chi connectivity index (χ4n) is 3.97. The summed E-state index contributed by atoms with van der Waals surface area (Å²) in [5, 5.41) is 0. The minimum absolute atomic E-state index is 0.265. The summed E-state index contributed by atoms with van der Waals surface area (Å²) in [5.41, 5.74) is 0. The topological polar surface area (TPSA) is 60.6 Å². The third-order valence-electron chi connectivity index (χ3n) is 5.51. The number of rotatable bonds is 7. The van der Waals surface area contributed by atoms with Gasteiger partial charge in [-0.1, -0.05) is 6.08 Å². The van der Waals surface area contributed by atoms with Crippen molar-refractivity contribution in [2.45, 2.75) is 62.9 Å². The Bertz CT molecular complexity index is 462. The van der Waals surface area contributed by atoms with Gasteiger partial charge < -0.3 is 18.9 Å². The maximum atomic E-state index is 11.7. The number of hydrogen-bond donors (Lipinski definition) is 0. The molecule has 6 unspecified atom stereocenters. The van der Waals surface area contributed by atoms with E-state index in [1.54, 1.807) is 6.08 Å². The van der Waals surface area contributed by atoms with Crippen LogP contribution in [0.15, 0.2) is 12.2 Å². The summed E-state index contributed by atoms with van der Waals surface area (Å²) in [6, 6.07) is 0. The van der Waals surface area contributed by atoms with Crippen LogP contribution in [0.3, 0.4) is 0 Å². The molecule has 2 aliphatic carbocycles. The van der Waals surface area contributed by atoms with Crippen molar-refractivity contribution < 1.29 is 23.7 Å². The van der Waals surface area contributed by atoms with Crippen LogP contribution < -0.4 is 0 Å². The predicted molar refractivity (Wildman–Crippen MR) is 82.9 cm³/mol. The summed E-state index contributed by atoms with van der Waals surface area (Å²) >= 11 is 0. The molecular weight excluding hydrogens is 296 g/mol. The number of ether oxygens (including phenoxy) is 4. The van der Waals surface area contributed by atoms with Crippen LogP contribution in [0.5, 0.6) is 0 Å². The summed E-state index contributed by atoms with van der Waals surface area (Å²) in [6.07, 6.45) is 12.0. The molecule has 6 atom stereocenters. The molecule has 0 N–H and O–H groups in total. The molecule has 2 heterocycles. The van der Waals surface area contributed by atoms with Gasteiger partial charge in [-0.05, 0) is 50.4 Å². The maximum absolute atomic E-state index is 11.7. The molecule has 2 saturated heterocycles. The van der Waals surface area contributed by atoms with E-state index in [0.29, 0.717) is 49.5 Å². The Labute approximate surface area is 137 Å². The summed E-state index contributed by atoms with van der Waals surface area (Å²) in [4.78, 5) is 11.7. The Morgan fingerprint density at radius 3 is 2.22 bits per heavy atom. The van der Waals surface area contributed by atoms with Crippen molar-refractivity contribution >= 4 is 5.97 Å². The number of carbonyl (C=O) groups is 1. The number of carbonyl (C=O) groups excluding carboxylic acids is 1. The van der Waals surface area contributed by atoms with Gasteiger partial charge in [-0.25, -0.2) is 4.79 Å². The normalized spacial score (nSPS) is 41.2. The first-order valence-corrected chi connectivity index (χ1v) is 9.00. The molecule has 5 heteroatoms. The van der Waals surface area contributed by atoms with E-state index in [1.165, 1.54) is 18.9 Å². The van der Waals surface area contributed by atoms with Crippen molar-refractivity contribution in [3.8, 4) is 0 Å². The van der Waals surface area contributed by atoms with E-state index in [2.05, 4.69) is 0 Å². The number of epoxide rings is 2. The first kappa shape index (κ1) is 15.6. The third kappa shape index (κ3) is 4.34. The average molecular weight is 322 g/mol. The number of esters is 1. The maximum Gasteiger partial charge on any atom is 0.330 e. The van der Waals surface area contributed by atoms with E-state index >= 15 is 0 Å². The molecule has 0 radical (unpaired) electrons. The van der Waals surface area contributed by atoms with Crippen LogP contribution in [0.25, 0.3) is 0 Å². The highest BCUT2D eigenvalue weighted by atomic mass is 16.6. The Morgan fingerprint density at radius 1 is 0.913 bits per heavy atom. The highest BCUT2D eigenvalue weighted by Crippen LogP contribution is 2.40. The molecule has 23 heavy (non-hydrogen) atoms. The van der Waals surface area contributed by atoms with Gasteiger partial charge in [0.05, 0.1) is 37.6 Å². The highest BCUT2D eigenvalue weighted by Gasteiger charge is 2.44. The van der Waals surface area contributed by atoms with Gasteiger partial charge in [0.25, 0.3) is 0 Å². The summed E-state index contributed by atoms with van der Waals surface area (Å²) < 4.78 is 22.0. The van der Waals surface area contributed by atoms with Crippen molar-refractivity contribution in [2.75, 3.05) is 19.8 Å². The summed E-state index contributed by atoms with van der Waals surface area (Å²) in [6.45, 7) is 1.75. The average Bonchev–Trinajstić information content (AvgIpc) is 3.45. The quantitative estimate of drug-likeness (QED) is 0.311. The zero-order chi connectivity index (χ0) is 15.6. The van der Waals surface area contributed by atoms with Gasteiger partial charge in [-0.2, -0.15) is 0 Å². The van der Waals surface area contributed by atoms with Crippen LogP contribution in [0, 0.1) is 11.8 Å².